The first kappa shape index (κ1) is 16.2. The molecule has 0 unspecified atom stereocenters. The van der Waals surface area contributed by atoms with Crippen molar-refractivity contribution in [2.45, 2.75) is 19.4 Å². The molecule has 0 amide bonds. The van der Waals surface area contributed by atoms with Gasteiger partial charge in [-0.3, -0.25) is 4.98 Å². The standard InChI is InChI=1S/C21H21NO2/c1-21(2,23)13-12-19-18-7-5-4-6-16(18)14-22-20(19)15-8-10-17(24-3)11-9-15/h4-14,23H,1-3H3/b13-12+. The molecule has 0 aliphatic heterocycles. The predicted octanol–water partition coefficient (Wildman–Crippen LogP) is 4.69. The molecule has 3 heteroatoms. The van der Waals surface area contributed by atoms with Crippen LogP contribution >= 0.6 is 0 Å². The normalized spacial score (nSPS) is 12.0. The van der Waals surface area contributed by atoms with Crippen LogP contribution in [0.15, 0.2) is 60.8 Å². The molecule has 122 valence electrons. The summed E-state index contributed by atoms with van der Waals surface area (Å²) >= 11 is 0. The van der Waals surface area contributed by atoms with Gasteiger partial charge in [0.05, 0.1) is 18.4 Å². The third kappa shape index (κ3) is 3.47. The quantitative estimate of drug-likeness (QED) is 0.758. The molecule has 0 aliphatic rings. The van der Waals surface area contributed by atoms with Crippen molar-refractivity contribution in [1.29, 1.82) is 0 Å². The summed E-state index contributed by atoms with van der Waals surface area (Å²) in [6.07, 6.45) is 5.63. The molecule has 1 aromatic heterocycles. The van der Waals surface area contributed by atoms with E-state index in [9.17, 15) is 5.11 Å². The molecular formula is C21H21NO2. The Bertz CT molecular complexity index is 874. The molecule has 0 aliphatic carbocycles. The van der Waals surface area contributed by atoms with Crippen molar-refractivity contribution in [3.05, 3.63) is 66.4 Å². The zero-order valence-corrected chi connectivity index (χ0v) is 14.2. The topological polar surface area (TPSA) is 42.4 Å². The Morgan fingerprint density at radius 2 is 1.75 bits per heavy atom. The first-order valence-corrected chi connectivity index (χ1v) is 7.92. The molecule has 0 atom stereocenters. The summed E-state index contributed by atoms with van der Waals surface area (Å²) in [4.78, 5) is 4.66. The number of rotatable bonds is 4. The Balaban J connectivity index is 2.20. The van der Waals surface area contributed by atoms with Crippen molar-refractivity contribution < 1.29 is 9.84 Å². The summed E-state index contributed by atoms with van der Waals surface area (Å²) in [5.74, 6) is 0.813. The van der Waals surface area contributed by atoms with Crippen LogP contribution in [0.2, 0.25) is 0 Å². The first-order valence-electron chi connectivity index (χ1n) is 7.92. The van der Waals surface area contributed by atoms with E-state index in [0.717, 1.165) is 33.3 Å². The van der Waals surface area contributed by atoms with Crippen LogP contribution in [0.25, 0.3) is 28.1 Å². The van der Waals surface area contributed by atoms with Gasteiger partial charge in [0, 0.05) is 22.7 Å². The van der Waals surface area contributed by atoms with Crippen LogP contribution in [-0.2, 0) is 0 Å². The summed E-state index contributed by atoms with van der Waals surface area (Å²) in [5.41, 5.74) is 2.02. The van der Waals surface area contributed by atoms with Crippen LogP contribution in [0.3, 0.4) is 0 Å². The number of aliphatic hydroxyl groups is 1. The maximum Gasteiger partial charge on any atom is 0.118 e. The second-order valence-electron chi connectivity index (χ2n) is 6.32. The third-order valence-corrected chi connectivity index (χ3v) is 3.86. The molecule has 0 radical (unpaired) electrons. The van der Waals surface area contributed by atoms with Gasteiger partial charge in [-0.2, -0.15) is 0 Å². The summed E-state index contributed by atoms with van der Waals surface area (Å²) in [6.45, 7) is 3.52. The lowest BCUT2D eigenvalue weighted by Gasteiger charge is -2.13. The van der Waals surface area contributed by atoms with E-state index in [1.807, 2.05) is 54.7 Å². The molecule has 3 nitrogen and oxygen atoms in total. The highest BCUT2D eigenvalue weighted by Gasteiger charge is 2.12. The number of hydrogen-bond acceptors (Lipinski definition) is 3. The number of nitrogens with zero attached hydrogens (tertiary/aromatic N) is 1. The van der Waals surface area contributed by atoms with Gasteiger partial charge in [-0.05, 0) is 43.5 Å². The number of ether oxygens (including phenoxy) is 1. The molecule has 3 aromatic rings. The Morgan fingerprint density at radius 1 is 1.04 bits per heavy atom. The van der Waals surface area contributed by atoms with Gasteiger partial charge in [-0.25, -0.2) is 0 Å². The van der Waals surface area contributed by atoms with E-state index in [2.05, 4.69) is 11.1 Å². The lowest BCUT2D eigenvalue weighted by molar-refractivity contribution is 0.134. The minimum atomic E-state index is -0.881. The lowest BCUT2D eigenvalue weighted by Crippen LogP contribution is -2.13. The van der Waals surface area contributed by atoms with Gasteiger partial charge in [0.2, 0.25) is 0 Å². The maximum absolute atomic E-state index is 10.1. The number of pyridine rings is 1. The van der Waals surface area contributed by atoms with Crippen LogP contribution in [0.1, 0.15) is 19.4 Å². The number of hydrogen-bond donors (Lipinski definition) is 1. The average Bonchev–Trinajstić information content (AvgIpc) is 2.59. The fraction of sp³-hybridized carbons (Fsp3) is 0.190. The lowest BCUT2D eigenvalue weighted by atomic mass is 9.98. The number of benzene rings is 2. The Kier molecular flexibility index (Phi) is 4.36. The van der Waals surface area contributed by atoms with Gasteiger partial charge in [0.15, 0.2) is 0 Å². The summed E-state index contributed by atoms with van der Waals surface area (Å²) in [6, 6.07) is 16.0. The largest absolute Gasteiger partial charge is 0.497 e. The minimum absolute atomic E-state index is 0.813. The van der Waals surface area contributed by atoms with E-state index >= 15 is 0 Å². The molecule has 2 aromatic carbocycles. The molecule has 0 spiro atoms. The first-order chi connectivity index (χ1) is 11.5. The molecule has 1 N–H and O–H groups in total. The van der Waals surface area contributed by atoms with Crippen LogP contribution in [0.4, 0.5) is 0 Å². The molecular weight excluding hydrogens is 298 g/mol. The van der Waals surface area contributed by atoms with Crippen molar-refractivity contribution in [2.24, 2.45) is 0 Å². The second-order valence-corrected chi connectivity index (χ2v) is 6.32. The van der Waals surface area contributed by atoms with E-state index in [1.54, 1.807) is 27.0 Å². The van der Waals surface area contributed by atoms with Crippen molar-refractivity contribution in [1.82, 2.24) is 4.98 Å². The molecule has 24 heavy (non-hydrogen) atoms. The Labute approximate surface area is 142 Å². The molecule has 1 heterocycles. The number of aromatic nitrogens is 1. The number of fused-ring (bicyclic) bond motifs is 1. The van der Waals surface area contributed by atoms with Crippen molar-refractivity contribution in [2.75, 3.05) is 7.11 Å². The molecule has 0 saturated carbocycles. The zero-order chi connectivity index (χ0) is 17.2. The molecule has 0 fully saturated rings. The minimum Gasteiger partial charge on any atom is -0.497 e. The Morgan fingerprint density at radius 3 is 2.42 bits per heavy atom. The highest BCUT2D eigenvalue weighted by molar-refractivity contribution is 5.95. The van der Waals surface area contributed by atoms with Gasteiger partial charge in [-0.1, -0.05) is 36.4 Å². The summed E-state index contributed by atoms with van der Waals surface area (Å²) in [7, 11) is 1.65. The van der Waals surface area contributed by atoms with Gasteiger partial charge < -0.3 is 9.84 Å². The van der Waals surface area contributed by atoms with Crippen LogP contribution in [0, 0.1) is 0 Å². The van der Waals surface area contributed by atoms with Gasteiger partial charge in [-0.15, -0.1) is 0 Å². The highest BCUT2D eigenvalue weighted by atomic mass is 16.5. The molecule has 0 saturated heterocycles. The van der Waals surface area contributed by atoms with Crippen molar-refractivity contribution in [3.63, 3.8) is 0 Å². The molecule has 3 rings (SSSR count). The van der Waals surface area contributed by atoms with Crippen LogP contribution in [0.5, 0.6) is 5.75 Å². The maximum atomic E-state index is 10.1. The molecule has 0 bridgehead atoms. The van der Waals surface area contributed by atoms with Crippen LogP contribution in [-0.4, -0.2) is 22.8 Å². The van der Waals surface area contributed by atoms with E-state index in [0.29, 0.717) is 0 Å². The van der Waals surface area contributed by atoms with E-state index in [4.69, 9.17) is 4.74 Å². The average molecular weight is 319 g/mol. The van der Waals surface area contributed by atoms with E-state index in [-0.39, 0.29) is 0 Å². The highest BCUT2D eigenvalue weighted by Crippen LogP contribution is 2.30. The number of methoxy groups -OCH3 is 1. The van der Waals surface area contributed by atoms with Crippen LogP contribution < -0.4 is 4.74 Å². The fourth-order valence-corrected chi connectivity index (χ4v) is 2.62. The van der Waals surface area contributed by atoms with E-state index in [1.165, 1.54) is 0 Å². The van der Waals surface area contributed by atoms with Crippen molar-refractivity contribution >= 4 is 16.8 Å². The third-order valence-electron chi connectivity index (χ3n) is 3.86. The SMILES string of the molecule is COc1ccc(-c2ncc3ccccc3c2/C=C/C(C)(C)O)cc1. The summed E-state index contributed by atoms with van der Waals surface area (Å²) < 4.78 is 5.23. The summed E-state index contributed by atoms with van der Waals surface area (Å²) in [5, 5.41) is 12.2. The predicted molar refractivity (Wildman–Crippen MR) is 99.1 cm³/mol. The van der Waals surface area contributed by atoms with Gasteiger partial charge in [0.25, 0.3) is 0 Å². The monoisotopic (exact) mass is 319 g/mol. The second kappa shape index (κ2) is 6.46. The smallest absolute Gasteiger partial charge is 0.118 e. The van der Waals surface area contributed by atoms with Gasteiger partial charge in [0.1, 0.15) is 5.75 Å². The van der Waals surface area contributed by atoms with Crippen molar-refractivity contribution in [3.8, 4) is 17.0 Å². The Hall–Kier alpha value is -2.65. The van der Waals surface area contributed by atoms with E-state index < -0.39 is 5.60 Å². The van der Waals surface area contributed by atoms with Gasteiger partial charge >= 0.3 is 0 Å². The zero-order valence-electron chi connectivity index (χ0n) is 14.2. The fourth-order valence-electron chi connectivity index (χ4n) is 2.62.